The predicted molar refractivity (Wildman–Crippen MR) is 81.6 cm³/mol. The van der Waals surface area contributed by atoms with E-state index in [2.05, 4.69) is 17.3 Å². The summed E-state index contributed by atoms with van der Waals surface area (Å²) in [6, 6.07) is 3.92. The van der Waals surface area contributed by atoms with Gasteiger partial charge >= 0.3 is 0 Å². The molecule has 1 unspecified atom stereocenters. The molecule has 1 heterocycles. The number of benzene rings is 1. The molecule has 0 saturated carbocycles. The molecule has 1 N–H and O–H groups in total. The van der Waals surface area contributed by atoms with Crippen LogP contribution in [-0.2, 0) is 4.79 Å². The molecule has 110 valence electrons. The van der Waals surface area contributed by atoms with Gasteiger partial charge in [0.2, 0.25) is 5.91 Å². The van der Waals surface area contributed by atoms with Crippen LogP contribution in [0.5, 0.6) is 5.75 Å². The molecule has 0 aromatic heterocycles. The highest BCUT2D eigenvalue weighted by Gasteiger charge is 2.23. The molecule has 1 amide bonds. The van der Waals surface area contributed by atoms with Gasteiger partial charge in [-0.05, 0) is 45.0 Å². The van der Waals surface area contributed by atoms with E-state index in [1.807, 2.05) is 13.0 Å². The van der Waals surface area contributed by atoms with Gasteiger partial charge in [-0.1, -0.05) is 11.6 Å². The lowest BCUT2D eigenvalue weighted by molar-refractivity contribution is -0.117. The number of hydrogen-bond acceptors (Lipinski definition) is 3. The summed E-state index contributed by atoms with van der Waals surface area (Å²) in [6.07, 6.45) is 2.76. The van der Waals surface area contributed by atoms with Crippen LogP contribution in [0, 0.1) is 6.92 Å². The Labute approximate surface area is 125 Å². The number of hydrogen-bond donors (Lipinski definition) is 1. The Bertz CT molecular complexity index is 505. The second kappa shape index (κ2) is 6.46. The van der Waals surface area contributed by atoms with Crippen LogP contribution in [0.4, 0.5) is 5.69 Å². The molecule has 1 atom stereocenters. The van der Waals surface area contributed by atoms with Crippen LogP contribution < -0.4 is 10.1 Å². The smallest absolute Gasteiger partial charge is 0.226 e. The van der Waals surface area contributed by atoms with Crippen LogP contribution >= 0.6 is 11.6 Å². The third kappa shape index (κ3) is 3.44. The largest absolute Gasteiger partial charge is 0.495 e. The highest BCUT2D eigenvalue weighted by atomic mass is 35.5. The van der Waals surface area contributed by atoms with Gasteiger partial charge in [0.1, 0.15) is 5.75 Å². The molecular formula is C15H21ClN2O2. The summed E-state index contributed by atoms with van der Waals surface area (Å²) >= 11 is 6.06. The fourth-order valence-electron chi connectivity index (χ4n) is 2.58. The minimum Gasteiger partial charge on any atom is -0.495 e. The summed E-state index contributed by atoms with van der Waals surface area (Å²) in [5.74, 6) is 0.609. The third-order valence-corrected chi connectivity index (χ3v) is 4.25. The van der Waals surface area contributed by atoms with E-state index in [-0.39, 0.29) is 5.91 Å². The topological polar surface area (TPSA) is 41.6 Å². The standard InChI is InChI=1S/C15H21ClN2O2/c1-10-7-13(14(20-3)9-12(10)16)17-15(19)8-11-5-4-6-18(11)2/h7,9,11H,4-6,8H2,1-3H3,(H,17,19). The van der Waals surface area contributed by atoms with Crippen LogP contribution in [0.2, 0.25) is 5.02 Å². The van der Waals surface area contributed by atoms with Crippen molar-refractivity contribution in [1.29, 1.82) is 0 Å². The first-order valence-electron chi connectivity index (χ1n) is 6.85. The third-order valence-electron chi connectivity index (χ3n) is 3.85. The summed E-state index contributed by atoms with van der Waals surface area (Å²) < 4.78 is 5.26. The van der Waals surface area contributed by atoms with Crippen LogP contribution in [-0.4, -0.2) is 37.6 Å². The van der Waals surface area contributed by atoms with Gasteiger partial charge in [-0.15, -0.1) is 0 Å². The lowest BCUT2D eigenvalue weighted by Gasteiger charge is -2.19. The van der Waals surface area contributed by atoms with E-state index >= 15 is 0 Å². The molecule has 20 heavy (non-hydrogen) atoms. The number of ether oxygens (including phenoxy) is 1. The van der Waals surface area contributed by atoms with Crippen LogP contribution in [0.15, 0.2) is 12.1 Å². The number of carbonyl (C=O) groups is 1. The number of anilines is 1. The van der Waals surface area contributed by atoms with Crippen LogP contribution in [0.25, 0.3) is 0 Å². The van der Waals surface area contributed by atoms with E-state index in [4.69, 9.17) is 16.3 Å². The highest BCUT2D eigenvalue weighted by molar-refractivity contribution is 6.31. The normalized spacial score (nSPS) is 19.1. The highest BCUT2D eigenvalue weighted by Crippen LogP contribution is 2.31. The van der Waals surface area contributed by atoms with E-state index in [0.29, 0.717) is 28.9 Å². The van der Waals surface area contributed by atoms with Gasteiger partial charge in [-0.2, -0.15) is 0 Å². The Hall–Kier alpha value is -1.26. The number of nitrogens with zero attached hydrogens (tertiary/aromatic N) is 1. The van der Waals surface area contributed by atoms with Crippen molar-refractivity contribution in [3.8, 4) is 5.75 Å². The number of methoxy groups -OCH3 is 1. The lowest BCUT2D eigenvalue weighted by Crippen LogP contribution is -2.29. The summed E-state index contributed by atoms with van der Waals surface area (Å²) in [6.45, 7) is 2.98. The minimum atomic E-state index is 0.0174. The van der Waals surface area contributed by atoms with Crippen LogP contribution in [0.3, 0.4) is 0 Å². The van der Waals surface area contributed by atoms with Crippen molar-refractivity contribution < 1.29 is 9.53 Å². The Morgan fingerprint density at radius 3 is 2.90 bits per heavy atom. The molecule has 0 spiro atoms. The molecule has 1 saturated heterocycles. The molecule has 4 nitrogen and oxygen atoms in total. The molecule has 1 aliphatic rings. The first-order chi connectivity index (χ1) is 9.51. The van der Waals surface area contributed by atoms with E-state index < -0.39 is 0 Å². The summed E-state index contributed by atoms with van der Waals surface area (Å²) in [5.41, 5.74) is 1.60. The molecule has 1 aromatic rings. The number of nitrogens with one attached hydrogen (secondary N) is 1. The van der Waals surface area contributed by atoms with Crippen molar-refractivity contribution >= 4 is 23.2 Å². The molecular weight excluding hydrogens is 276 g/mol. The quantitative estimate of drug-likeness (QED) is 0.928. The first-order valence-corrected chi connectivity index (χ1v) is 7.23. The number of carbonyl (C=O) groups excluding carboxylic acids is 1. The van der Waals surface area contributed by atoms with Gasteiger partial charge in [-0.3, -0.25) is 4.79 Å². The van der Waals surface area contributed by atoms with Crippen molar-refractivity contribution in [2.24, 2.45) is 0 Å². The Balaban J connectivity index is 2.05. The monoisotopic (exact) mass is 296 g/mol. The Morgan fingerprint density at radius 1 is 1.55 bits per heavy atom. The zero-order chi connectivity index (χ0) is 14.7. The number of halogens is 1. The summed E-state index contributed by atoms with van der Waals surface area (Å²) in [5, 5.41) is 3.56. The average molecular weight is 297 g/mol. The average Bonchev–Trinajstić information content (AvgIpc) is 2.79. The van der Waals surface area contributed by atoms with Gasteiger partial charge < -0.3 is 15.0 Å². The van der Waals surface area contributed by atoms with Gasteiger partial charge in [0.15, 0.2) is 0 Å². The molecule has 0 bridgehead atoms. The maximum atomic E-state index is 12.2. The molecule has 0 aliphatic carbocycles. The maximum absolute atomic E-state index is 12.2. The summed E-state index contributed by atoms with van der Waals surface area (Å²) in [4.78, 5) is 14.4. The Morgan fingerprint density at radius 2 is 2.30 bits per heavy atom. The zero-order valence-electron chi connectivity index (χ0n) is 12.2. The van der Waals surface area contributed by atoms with E-state index in [0.717, 1.165) is 24.9 Å². The number of rotatable bonds is 4. The number of aryl methyl sites for hydroxylation is 1. The molecule has 1 fully saturated rings. The maximum Gasteiger partial charge on any atom is 0.226 e. The second-order valence-electron chi connectivity index (χ2n) is 5.33. The Kier molecular flexibility index (Phi) is 4.89. The number of likely N-dealkylation sites (tertiary alicyclic amines) is 1. The number of amides is 1. The van der Waals surface area contributed by atoms with Gasteiger partial charge in [0.05, 0.1) is 12.8 Å². The van der Waals surface area contributed by atoms with Gasteiger partial charge in [-0.25, -0.2) is 0 Å². The first kappa shape index (κ1) is 15.1. The molecule has 1 aromatic carbocycles. The van der Waals surface area contributed by atoms with Gasteiger partial charge in [0, 0.05) is 23.6 Å². The fraction of sp³-hybridized carbons (Fsp3) is 0.533. The predicted octanol–water partition coefficient (Wildman–Crippen LogP) is 3.08. The van der Waals surface area contributed by atoms with Crippen molar-refractivity contribution in [3.05, 3.63) is 22.7 Å². The molecule has 5 heteroatoms. The van der Waals surface area contributed by atoms with Crippen molar-refractivity contribution in [2.75, 3.05) is 26.0 Å². The summed E-state index contributed by atoms with van der Waals surface area (Å²) in [7, 11) is 3.64. The lowest BCUT2D eigenvalue weighted by atomic mass is 10.1. The minimum absolute atomic E-state index is 0.0174. The van der Waals surface area contributed by atoms with Crippen LogP contribution in [0.1, 0.15) is 24.8 Å². The molecule has 0 radical (unpaired) electrons. The second-order valence-corrected chi connectivity index (χ2v) is 5.74. The molecule has 1 aliphatic heterocycles. The van der Waals surface area contributed by atoms with Crippen molar-refractivity contribution in [3.63, 3.8) is 0 Å². The molecule has 2 rings (SSSR count). The van der Waals surface area contributed by atoms with Crippen molar-refractivity contribution in [2.45, 2.75) is 32.2 Å². The van der Waals surface area contributed by atoms with E-state index in [1.165, 1.54) is 0 Å². The van der Waals surface area contributed by atoms with Crippen molar-refractivity contribution in [1.82, 2.24) is 4.90 Å². The SMILES string of the molecule is COc1cc(Cl)c(C)cc1NC(=O)CC1CCCN1C. The van der Waals surface area contributed by atoms with E-state index in [1.54, 1.807) is 13.2 Å². The van der Waals surface area contributed by atoms with E-state index in [9.17, 15) is 4.79 Å². The fourth-order valence-corrected chi connectivity index (χ4v) is 2.74. The zero-order valence-corrected chi connectivity index (χ0v) is 13.0. The van der Waals surface area contributed by atoms with Gasteiger partial charge in [0.25, 0.3) is 0 Å².